The van der Waals surface area contributed by atoms with Crippen LogP contribution in [0.3, 0.4) is 0 Å². The predicted molar refractivity (Wildman–Crippen MR) is 83.6 cm³/mol. The Morgan fingerprint density at radius 2 is 2.09 bits per heavy atom. The highest BCUT2D eigenvalue weighted by atomic mass is 79.9. The molecule has 0 amide bonds. The molecule has 122 valence electrons. The van der Waals surface area contributed by atoms with Gasteiger partial charge in [0.1, 0.15) is 11.5 Å². The lowest BCUT2D eigenvalue weighted by Gasteiger charge is -2.19. The van der Waals surface area contributed by atoms with Crippen molar-refractivity contribution in [2.24, 2.45) is 15.9 Å². The molecule has 10 heteroatoms. The normalized spacial score (nSPS) is 16.5. The van der Waals surface area contributed by atoms with E-state index in [4.69, 9.17) is 11.1 Å². The number of allylic oxidation sites excluding steroid dienone is 2. The van der Waals surface area contributed by atoms with E-state index < -0.39 is 12.1 Å². The third kappa shape index (κ3) is 4.55. The maximum Gasteiger partial charge on any atom is 0.573 e. The second-order valence-corrected chi connectivity index (χ2v) is 5.40. The Morgan fingerprint density at radius 3 is 2.70 bits per heavy atom. The number of alkyl halides is 3. The molecule has 2 rings (SSSR count). The van der Waals surface area contributed by atoms with Gasteiger partial charge in [0.25, 0.3) is 0 Å². The number of rotatable bonds is 3. The van der Waals surface area contributed by atoms with Crippen molar-refractivity contribution in [1.82, 2.24) is 5.32 Å². The molecule has 0 unspecified atom stereocenters. The summed E-state index contributed by atoms with van der Waals surface area (Å²) in [5.74, 6) is -0.478. The standard InChI is InChI=1S/C13H11BrF3N5O/c1-6(18)4-9-11(21-22-12(19)20-9)8-3-2-7(14)5-10(8)23-13(15,16)17/h2-5,18H,1H3,(H3,19,20,22)/b9-4-,18-6?. The first kappa shape index (κ1) is 17.0. The fourth-order valence-corrected chi connectivity index (χ4v) is 2.14. The fourth-order valence-electron chi connectivity index (χ4n) is 1.80. The number of halogens is 4. The van der Waals surface area contributed by atoms with Gasteiger partial charge < -0.3 is 21.2 Å². The molecule has 23 heavy (non-hydrogen) atoms. The second kappa shape index (κ2) is 6.41. The van der Waals surface area contributed by atoms with Crippen LogP contribution in [0.25, 0.3) is 0 Å². The number of nitrogens with one attached hydrogen (secondary N) is 2. The maximum atomic E-state index is 12.6. The summed E-state index contributed by atoms with van der Waals surface area (Å²) in [5.41, 5.74) is 6.05. The SMILES string of the molecule is CC(=N)/C=C1\NC(N)=NN=C1c1ccc(Br)cc1OC(F)(F)F. The van der Waals surface area contributed by atoms with E-state index in [1.54, 1.807) is 0 Å². The van der Waals surface area contributed by atoms with Crippen molar-refractivity contribution in [2.45, 2.75) is 13.3 Å². The van der Waals surface area contributed by atoms with Crippen LogP contribution in [-0.2, 0) is 0 Å². The Hall–Kier alpha value is -2.36. The highest BCUT2D eigenvalue weighted by molar-refractivity contribution is 9.10. The van der Waals surface area contributed by atoms with Gasteiger partial charge in [0, 0.05) is 15.7 Å². The van der Waals surface area contributed by atoms with Crippen molar-refractivity contribution < 1.29 is 17.9 Å². The fraction of sp³-hybridized carbons (Fsp3) is 0.154. The first-order valence-electron chi connectivity index (χ1n) is 6.17. The van der Waals surface area contributed by atoms with Gasteiger partial charge in [-0.1, -0.05) is 15.9 Å². The van der Waals surface area contributed by atoms with Crippen molar-refractivity contribution in [2.75, 3.05) is 0 Å². The molecular weight excluding hydrogens is 379 g/mol. The lowest BCUT2D eigenvalue weighted by Crippen LogP contribution is -2.37. The van der Waals surface area contributed by atoms with Crippen LogP contribution in [0.2, 0.25) is 0 Å². The van der Waals surface area contributed by atoms with Crippen LogP contribution >= 0.6 is 15.9 Å². The quantitative estimate of drug-likeness (QED) is 0.693. The van der Waals surface area contributed by atoms with E-state index in [0.717, 1.165) is 0 Å². The average Bonchev–Trinajstić information content (AvgIpc) is 2.37. The molecule has 0 atom stereocenters. The molecule has 0 bridgehead atoms. The van der Waals surface area contributed by atoms with Crippen LogP contribution in [-0.4, -0.2) is 23.7 Å². The lowest BCUT2D eigenvalue weighted by atomic mass is 10.0. The highest BCUT2D eigenvalue weighted by Gasteiger charge is 2.33. The van der Waals surface area contributed by atoms with Crippen molar-refractivity contribution >= 4 is 33.3 Å². The Bertz CT molecular complexity index is 740. The minimum atomic E-state index is -4.86. The zero-order valence-corrected chi connectivity index (χ0v) is 13.3. The molecule has 1 aromatic carbocycles. The Labute approximate surface area is 137 Å². The molecule has 0 radical (unpaired) electrons. The molecule has 1 heterocycles. The summed E-state index contributed by atoms with van der Waals surface area (Å²) >= 11 is 3.09. The van der Waals surface area contributed by atoms with Gasteiger partial charge in [0.05, 0.1) is 5.70 Å². The van der Waals surface area contributed by atoms with E-state index in [-0.39, 0.29) is 28.6 Å². The third-order valence-electron chi connectivity index (χ3n) is 2.56. The van der Waals surface area contributed by atoms with Crippen LogP contribution < -0.4 is 15.8 Å². The number of nitrogens with zero attached hydrogens (tertiary/aromatic N) is 2. The summed E-state index contributed by atoms with van der Waals surface area (Å²) in [5, 5.41) is 17.6. The number of nitrogens with two attached hydrogens (primary N) is 1. The molecule has 1 aromatic rings. The largest absolute Gasteiger partial charge is 0.573 e. The molecule has 1 aliphatic heterocycles. The molecule has 6 nitrogen and oxygen atoms in total. The van der Waals surface area contributed by atoms with Crippen LogP contribution in [0, 0.1) is 5.41 Å². The van der Waals surface area contributed by atoms with Gasteiger partial charge in [-0.15, -0.1) is 23.4 Å². The van der Waals surface area contributed by atoms with Crippen LogP contribution in [0.4, 0.5) is 13.2 Å². The molecule has 0 aliphatic carbocycles. The van der Waals surface area contributed by atoms with Crippen LogP contribution in [0.15, 0.2) is 44.6 Å². The zero-order valence-electron chi connectivity index (χ0n) is 11.7. The number of ether oxygens (including phenoxy) is 1. The van der Waals surface area contributed by atoms with Gasteiger partial charge in [-0.3, -0.25) is 0 Å². The Kier molecular flexibility index (Phi) is 4.73. The second-order valence-electron chi connectivity index (χ2n) is 4.49. The predicted octanol–water partition coefficient (Wildman–Crippen LogP) is 2.89. The number of hydrogen-bond acceptors (Lipinski definition) is 6. The topological polar surface area (TPSA) is 95.9 Å². The number of guanidine groups is 1. The van der Waals surface area contributed by atoms with Gasteiger partial charge in [-0.2, -0.15) is 0 Å². The summed E-state index contributed by atoms with van der Waals surface area (Å²) in [4.78, 5) is 0. The van der Waals surface area contributed by atoms with E-state index >= 15 is 0 Å². The molecule has 0 saturated carbocycles. The minimum Gasteiger partial charge on any atom is -0.405 e. The molecule has 0 fully saturated rings. The van der Waals surface area contributed by atoms with Gasteiger partial charge in [0.2, 0.25) is 5.96 Å². The van der Waals surface area contributed by atoms with Crippen LogP contribution in [0.1, 0.15) is 12.5 Å². The summed E-state index contributed by atoms with van der Waals surface area (Å²) < 4.78 is 42.3. The van der Waals surface area contributed by atoms with E-state index in [2.05, 4.69) is 36.2 Å². The Balaban J connectivity index is 2.57. The number of hydrogen-bond donors (Lipinski definition) is 3. The van der Waals surface area contributed by atoms with E-state index in [0.29, 0.717) is 4.47 Å². The van der Waals surface area contributed by atoms with Gasteiger partial charge in [-0.25, -0.2) is 0 Å². The van der Waals surface area contributed by atoms with Crippen molar-refractivity contribution in [3.63, 3.8) is 0 Å². The summed E-state index contributed by atoms with van der Waals surface area (Å²) in [6.07, 6.45) is -3.48. The smallest absolute Gasteiger partial charge is 0.405 e. The minimum absolute atomic E-state index is 0.0309. The van der Waals surface area contributed by atoms with Gasteiger partial charge >= 0.3 is 6.36 Å². The van der Waals surface area contributed by atoms with Crippen molar-refractivity contribution in [3.8, 4) is 5.75 Å². The monoisotopic (exact) mass is 389 g/mol. The zero-order chi connectivity index (χ0) is 17.2. The maximum absolute atomic E-state index is 12.6. The summed E-state index contributed by atoms with van der Waals surface area (Å²) in [6.45, 7) is 1.50. The molecule has 0 saturated heterocycles. The highest BCUT2D eigenvalue weighted by Crippen LogP contribution is 2.31. The first-order valence-corrected chi connectivity index (χ1v) is 6.96. The average molecular weight is 390 g/mol. The molecule has 4 N–H and O–H groups in total. The van der Waals surface area contributed by atoms with Crippen molar-refractivity contribution in [3.05, 3.63) is 40.0 Å². The lowest BCUT2D eigenvalue weighted by molar-refractivity contribution is -0.274. The van der Waals surface area contributed by atoms with Crippen LogP contribution in [0.5, 0.6) is 5.75 Å². The summed E-state index contributed by atoms with van der Waals surface area (Å²) in [6, 6.07) is 4.11. The molecular formula is C13H11BrF3N5O. The Morgan fingerprint density at radius 1 is 1.39 bits per heavy atom. The molecule has 0 spiro atoms. The van der Waals surface area contributed by atoms with Gasteiger partial charge in [-0.05, 0) is 31.2 Å². The molecule has 0 aromatic heterocycles. The number of benzene rings is 1. The van der Waals surface area contributed by atoms with E-state index in [9.17, 15) is 13.2 Å². The first-order chi connectivity index (χ1) is 10.7. The van der Waals surface area contributed by atoms with E-state index in [1.165, 1.54) is 31.2 Å². The van der Waals surface area contributed by atoms with Gasteiger partial charge in [0.15, 0.2) is 0 Å². The van der Waals surface area contributed by atoms with E-state index in [1.807, 2.05) is 0 Å². The summed E-state index contributed by atoms with van der Waals surface area (Å²) in [7, 11) is 0. The molecule has 1 aliphatic rings. The third-order valence-corrected chi connectivity index (χ3v) is 3.05. The van der Waals surface area contributed by atoms with Crippen molar-refractivity contribution in [1.29, 1.82) is 5.41 Å².